The Morgan fingerprint density at radius 3 is 2.17 bits per heavy atom. The third kappa shape index (κ3) is 13.7. The van der Waals surface area contributed by atoms with E-state index in [0.29, 0.717) is 11.0 Å². The molecule has 12 heavy (non-hydrogen) atoms. The van der Waals surface area contributed by atoms with Crippen LogP contribution in [0.15, 0.2) is 0 Å². The van der Waals surface area contributed by atoms with Crippen LogP contribution in [0.25, 0.3) is 0 Å². The molecule has 0 saturated carbocycles. The molecule has 1 atom stereocenters. The van der Waals surface area contributed by atoms with E-state index in [0.717, 1.165) is 0 Å². The van der Waals surface area contributed by atoms with Crippen molar-refractivity contribution < 1.29 is 56.1 Å². The number of quaternary nitrogens is 1. The molecule has 0 bridgehead atoms. The number of hydrogen-bond donors (Lipinski definition) is 1. The summed E-state index contributed by atoms with van der Waals surface area (Å²) in [7, 11) is 1.19. The molecular formula is C5H14NO4PY. The molecule has 0 aliphatic heterocycles. The van der Waals surface area contributed by atoms with Gasteiger partial charge in [0.05, 0.1) is 21.1 Å². The molecule has 1 radical (unpaired) electrons. The Hall–Kier alpha value is 1.17. The fourth-order valence-electron chi connectivity index (χ4n) is 0.430. The van der Waals surface area contributed by atoms with Crippen molar-refractivity contribution in [1.29, 1.82) is 0 Å². The number of hydrogen-bond acceptors (Lipinski definition) is 3. The van der Waals surface area contributed by atoms with Crippen LogP contribution in [0.3, 0.4) is 0 Å². The molecule has 1 N–H and O–H groups in total. The quantitative estimate of drug-likeness (QED) is 0.535. The number of phosphoric ester groups is 1. The summed E-state index contributed by atoms with van der Waals surface area (Å²) in [6, 6.07) is 0. The monoisotopic (exact) mass is 272 g/mol. The number of nitrogens with zero attached hydrogens (tertiary/aromatic N) is 1. The zero-order valence-electron chi connectivity index (χ0n) is 7.56. The second kappa shape index (κ2) is 5.81. The molecule has 0 aromatic carbocycles. The van der Waals surface area contributed by atoms with Crippen LogP contribution in [-0.2, 0) is 41.8 Å². The molecule has 0 rings (SSSR count). The summed E-state index contributed by atoms with van der Waals surface area (Å²) >= 11 is 0. The van der Waals surface area contributed by atoms with Gasteiger partial charge >= 0.3 is 0 Å². The summed E-state index contributed by atoms with van der Waals surface area (Å²) < 4.78 is 14.8. The van der Waals surface area contributed by atoms with Gasteiger partial charge in [-0.1, -0.05) is 0 Å². The van der Waals surface area contributed by atoms with Gasteiger partial charge in [0.1, 0.15) is 13.2 Å². The predicted molar refractivity (Wildman–Crippen MR) is 38.7 cm³/mol. The van der Waals surface area contributed by atoms with Gasteiger partial charge in [-0.15, -0.1) is 0 Å². The van der Waals surface area contributed by atoms with E-state index in [-0.39, 0.29) is 39.3 Å². The minimum Gasteiger partial charge on any atom is -0.756 e. The van der Waals surface area contributed by atoms with E-state index in [1.165, 1.54) is 0 Å². The van der Waals surface area contributed by atoms with Gasteiger partial charge in [-0.25, -0.2) is 0 Å². The van der Waals surface area contributed by atoms with E-state index >= 15 is 0 Å². The second-order valence-electron chi connectivity index (χ2n) is 3.32. The SMILES string of the molecule is C[N+](C)(C)CCOP(=O)([O-])O.[Y]. The van der Waals surface area contributed by atoms with E-state index in [4.69, 9.17) is 4.89 Å². The first kappa shape index (κ1) is 15.6. The number of likely N-dealkylation sites (N-methyl/N-ethyl adjacent to an activating group) is 1. The maximum absolute atomic E-state index is 10.1. The summed E-state index contributed by atoms with van der Waals surface area (Å²) in [5.41, 5.74) is 0. The van der Waals surface area contributed by atoms with Crippen molar-refractivity contribution in [3.63, 3.8) is 0 Å². The molecule has 7 heteroatoms. The van der Waals surface area contributed by atoms with Gasteiger partial charge in [-0.05, 0) is 0 Å². The first-order chi connectivity index (χ1) is 4.71. The third-order valence-corrected chi connectivity index (χ3v) is 1.53. The second-order valence-corrected chi connectivity index (χ2v) is 4.51. The predicted octanol–water partition coefficient (Wildman–Crippen LogP) is -0.833. The maximum atomic E-state index is 10.1. The average molecular weight is 272 g/mol. The first-order valence-electron chi connectivity index (χ1n) is 3.19. The van der Waals surface area contributed by atoms with Crippen LogP contribution in [0.4, 0.5) is 0 Å². The summed E-state index contributed by atoms with van der Waals surface area (Å²) in [5.74, 6) is 0. The van der Waals surface area contributed by atoms with Crippen molar-refractivity contribution in [3.05, 3.63) is 0 Å². The zero-order valence-corrected chi connectivity index (χ0v) is 11.3. The molecule has 0 fully saturated rings. The van der Waals surface area contributed by atoms with Gasteiger partial charge in [0.25, 0.3) is 7.82 Å². The average Bonchev–Trinajstić information content (AvgIpc) is 1.55. The fraction of sp³-hybridized carbons (Fsp3) is 1.00. The van der Waals surface area contributed by atoms with Gasteiger partial charge < -0.3 is 18.8 Å². The number of phosphoric acid groups is 1. The Balaban J connectivity index is 0. The Labute approximate surface area is 97.8 Å². The minimum atomic E-state index is -4.51. The number of rotatable bonds is 4. The third-order valence-electron chi connectivity index (χ3n) is 1.02. The van der Waals surface area contributed by atoms with E-state index in [1.54, 1.807) is 0 Å². The molecule has 0 aliphatic carbocycles. The molecule has 71 valence electrons. The zero-order chi connectivity index (χ0) is 9.12. The van der Waals surface area contributed by atoms with Crippen molar-refractivity contribution in [2.45, 2.75) is 0 Å². The van der Waals surface area contributed by atoms with Crippen LogP contribution in [-0.4, -0.2) is 43.7 Å². The first-order valence-corrected chi connectivity index (χ1v) is 4.69. The smallest absolute Gasteiger partial charge is 0.265 e. The van der Waals surface area contributed by atoms with Gasteiger partial charge in [0.15, 0.2) is 0 Å². The van der Waals surface area contributed by atoms with Crippen LogP contribution in [0, 0.1) is 0 Å². The summed E-state index contributed by atoms with van der Waals surface area (Å²) in [5, 5.41) is 0. The normalized spacial score (nSPS) is 16.4. The van der Waals surface area contributed by atoms with E-state index in [1.807, 2.05) is 21.1 Å². The largest absolute Gasteiger partial charge is 0.756 e. The topological polar surface area (TPSA) is 69.6 Å². The van der Waals surface area contributed by atoms with Gasteiger partial charge in [-0.3, -0.25) is 4.57 Å². The molecule has 0 aliphatic rings. The molecule has 1 unspecified atom stereocenters. The van der Waals surface area contributed by atoms with E-state index in [9.17, 15) is 9.46 Å². The molecular weight excluding hydrogens is 258 g/mol. The Morgan fingerprint density at radius 2 is 1.92 bits per heavy atom. The fourth-order valence-corrected chi connectivity index (χ4v) is 0.742. The molecule has 5 nitrogen and oxygen atoms in total. The standard InChI is InChI=1S/C5H14NO4P.Y/c1-6(2,3)4-5-10-11(7,8)9;/h4-5H2,1-3H3,(H-,7,8,9);. The molecule has 0 aromatic rings. The van der Waals surface area contributed by atoms with Crippen LogP contribution in [0.1, 0.15) is 0 Å². The minimum absolute atomic E-state index is 0. The summed E-state index contributed by atoms with van der Waals surface area (Å²) in [6.07, 6.45) is 0. The molecule has 0 amide bonds. The van der Waals surface area contributed by atoms with E-state index < -0.39 is 7.82 Å². The van der Waals surface area contributed by atoms with Crippen molar-refractivity contribution in [2.75, 3.05) is 34.3 Å². The summed E-state index contributed by atoms with van der Waals surface area (Å²) in [6.45, 7) is 0.549. The van der Waals surface area contributed by atoms with Crippen LogP contribution >= 0.6 is 7.82 Å². The van der Waals surface area contributed by atoms with Crippen molar-refractivity contribution in [3.8, 4) is 0 Å². The molecule has 0 heterocycles. The van der Waals surface area contributed by atoms with Gasteiger partial charge in [-0.2, -0.15) is 0 Å². The molecule has 0 saturated heterocycles. The molecule has 0 spiro atoms. The van der Waals surface area contributed by atoms with Crippen LogP contribution < -0.4 is 4.89 Å². The van der Waals surface area contributed by atoms with Crippen molar-refractivity contribution in [1.82, 2.24) is 0 Å². The van der Waals surface area contributed by atoms with Crippen molar-refractivity contribution >= 4 is 7.82 Å². The Kier molecular flexibility index (Phi) is 7.57. The summed E-state index contributed by atoms with van der Waals surface area (Å²) in [4.78, 5) is 18.3. The Bertz CT molecular complexity index is 163. The van der Waals surface area contributed by atoms with Crippen LogP contribution in [0.5, 0.6) is 0 Å². The van der Waals surface area contributed by atoms with Gasteiger partial charge in [0.2, 0.25) is 0 Å². The molecule has 0 aromatic heterocycles. The van der Waals surface area contributed by atoms with E-state index in [2.05, 4.69) is 4.52 Å². The Morgan fingerprint density at radius 1 is 1.50 bits per heavy atom. The van der Waals surface area contributed by atoms with Gasteiger partial charge in [0, 0.05) is 32.7 Å². The van der Waals surface area contributed by atoms with Crippen molar-refractivity contribution in [2.24, 2.45) is 0 Å². The maximum Gasteiger partial charge on any atom is 0.265 e. The van der Waals surface area contributed by atoms with Crippen LogP contribution in [0.2, 0.25) is 0 Å².